The van der Waals surface area contributed by atoms with Crippen LogP contribution in [0.15, 0.2) is 36.5 Å². The van der Waals surface area contributed by atoms with Gasteiger partial charge in [0.05, 0.1) is 13.2 Å². The lowest BCUT2D eigenvalue weighted by Crippen LogP contribution is -2.34. The fourth-order valence-electron chi connectivity index (χ4n) is 2.77. The van der Waals surface area contributed by atoms with Gasteiger partial charge in [-0.25, -0.2) is 9.37 Å². The molecule has 3 rings (SSSR count). The molecule has 6 nitrogen and oxygen atoms in total. The summed E-state index contributed by atoms with van der Waals surface area (Å²) in [4.78, 5) is 23.9. The first-order valence-corrected chi connectivity index (χ1v) is 7.93. The van der Waals surface area contributed by atoms with Gasteiger partial charge in [-0.3, -0.25) is 10.5 Å². The molecule has 2 aromatic rings. The zero-order valence-corrected chi connectivity index (χ0v) is 13.9. The number of fused-ring (bicyclic) bond motifs is 2. The monoisotopic (exact) mass is 346 g/mol. The molecule has 0 atom stereocenters. The van der Waals surface area contributed by atoms with E-state index < -0.39 is 11.8 Å². The van der Waals surface area contributed by atoms with Crippen LogP contribution in [0, 0.1) is 0 Å². The number of ether oxygens (including phenoxy) is 1. The van der Waals surface area contributed by atoms with Crippen LogP contribution < -0.4 is 5.73 Å². The standard InChI is InChI=1S/C17H16ClN3O3/c1-2-24-17(23)15(22)10-21-13-6-5-12(18)8-11(13)9-20-7-3-4-14(20)16(21)19/h3-8,19H,2,9-10H2,1H3/p+1. The van der Waals surface area contributed by atoms with Gasteiger partial charge in [-0.2, -0.15) is 0 Å². The van der Waals surface area contributed by atoms with Crippen molar-refractivity contribution in [3.05, 3.63) is 52.8 Å². The number of ketones is 1. The first-order valence-electron chi connectivity index (χ1n) is 7.55. The molecular weight excluding hydrogens is 330 g/mol. The molecule has 2 heterocycles. The topological polar surface area (TPSA) is 77.3 Å². The molecule has 1 aromatic heterocycles. The highest BCUT2D eigenvalue weighted by atomic mass is 35.5. The highest BCUT2D eigenvalue weighted by molar-refractivity contribution is 6.34. The molecule has 124 valence electrons. The molecule has 0 unspecified atom stereocenters. The smallest absolute Gasteiger partial charge is 0.378 e. The van der Waals surface area contributed by atoms with E-state index in [2.05, 4.69) is 0 Å². The van der Waals surface area contributed by atoms with Crippen molar-refractivity contribution in [1.82, 2.24) is 4.57 Å². The molecule has 1 aromatic carbocycles. The molecular formula is C17H17ClN3O3+. The van der Waals surface area contributed by atoms with E-state index in [-0.39, 0.29) is 13.2 Å². The number of aromatic nitrogens is 1. The molecule has 0 radical (unpaired) electrons. The number of Topliss-reactive ketones (excluding diaryl/α,β-unsaturated/α-hetero) is 1. The van der Waals surface area contributed by atoms with Gasteiger partial charge in [0.25, 0.3) is 11.6 Å². The van der Waals surface area contributed by atoms with E-state index in [1.54, 1.807) is 23.6 Å². The Morgan fingerprint density at radius 3 is 2.92 bits per heavy atom. The molecule has 0 saturated carbocycles. The zero-order valence-electron chi connectivity index (χ0n) is 13.2. The Bertz CT molecular complexity index is 855. The summed E-state index contributed by atoms with van der Waals surface area (Å²) in [5.41, 5.74) is 8.73. The van der Waals surface area contributed by atoms with Crippen LogP contribution in [-0.2, 0) is 20.9 Å². The maximum Gasteiger partial charge on any atom is 0.378 e. The second-order valence-corrected chi connectivity index (χ2v) is 5.85. The largest absolute Gasteiger partial charge is 0.460 e. The van der Waals surface area contributed by atoms with E-state index >= 15 is 0 Å². The van der Waals surface area contributed by atoms with Crippen LogP contribution in [0.25, 0.3) is 0 Å². The Kier molecular flexibility index (Phi) is 4.40. The predicted molar refractivity (Wildman–Crippen MR) is 89.7 cm³/mol. The van der Waals surface area contributed by atoms with Crippen molar-refractivity contribution >= 4 is 34.9 Å². The van der Waals surface area contributed by atoms with Gasteiger partial charge in [0.1, 0.15) is 11.4 Å². The second-order valence-electron chi connectivity index (χ2n) is 5.41. The van der Waals surface area contributed by atoms with E-state index in [1.165, 1.54) is 0 Å². The number of esters is 1. The first-order chi connectivity index (χ1) is 11.5. The number of carbonyl (C=O) groups excluding carboxylic acids is 2. The maximum atomic E-state index is 12.2. The normalized spacial score (nSPS) is 13.1. The second kappa shape index (κ2) is 6.49. The van der Waals surface area contributed by atoms with Gasteiger partial charge in [-0.15, -0.1) is 0 Å². The van der Waals surface area contributed by atoms with Crippen LogP contribution >= 0.6 is 11.6 Å². The fraction of sp³-hybridized carbons (Fsp3) is 0.235. The molecule has 24 heavy (non-hydrogen) atoms. The minimum absolute atomic E-state index is 0.152. The molecule has 2 N–H and O–H groups in total. The van der Waals surface area contributed by atoms with E-state index in [1.807, 2.05) is 29.0 Å². The SMILES string of the molecule is CCOC(=O)C(=O)C[N+]1=C(N)c2cccn2Cc2cc(Cl)ccc21. The van der Waals surface area contributed by atoms with Gasteiger partial charge in [-0.05, 0) is 37.3 Å². The van der Waals surface area contributed by atoms with Crippen LogP contribution in [0.2, 0.25) is 5.02 Å². The van der Waals surface area contributed by atoms with Gasteiger partial charge in [0.15, 0.2) is 6.54 Å². The summed E-state index contributed by atoms with van der Waals surface area (Å²) in [5.74, 6) is -1.11. The summed E-state index contributed by atoms with van der Waals surface area (Å²) in [6, 6.07) is 9.11. The summed E-state index contributed by atoms with van der Waals surface area (Å²) < 4.78 is 8.38. The summed E-state index contributed by atoms with van der Waals surface area (Å²) in [5, 5.41) is 0.597. The van der Waals surface area contributed by atoms with Crippen LogP contribution in [0.3, 0.4) is 0 Å². The highest BCUT2D eigenvalue weighted by Crippen LogP contribution is 2.27. The first kappa shape index (κ1) is 16.3. The van der Waals surface area contributed by atoms with Crippen LogP contribution in [0.1, 0.15) is 18.2 Å². The molecule has 0 saturated heterocycles. The number of carbonyl (C=O) groups is 2. The molecule has 1 aliphatic rings. The molecule has 0 spiro atoms. The van der Waals surface area contributed by atoms with Gasteiger partial charge in [-0.1, -0.05) is 11.6 Å². The third-order valence-electron chi connectivity index (χ3n) is 3.86. The molecule has 0 bridgehead atoms. The van der Waals surface area contributed by atoms with Gasteiger partial charge in [0, 0.05) is 16.8 Å². The van der Waals surface area contributed by atoms with Gasteiger partial charge < -0.3 is 9.30 Å². The lowest BCUT2D eigenvalue weighted by Gasteiger charge is -2.10. The number of benzene rings is 1. The Labute approximate surface area is 144 Å². The average molecular weight is 347 g/mol. The molecule has 0 aliphatic carbocycles. The quantitative estimate of drug-likeness (QED) is 0.519. The van der Waals surface area contributed by atoms with Crippen molar-refractivity contribution in [3.63, 3.8) is 0 Å². The van der Waals surface area contributed by atoms with Crippen molar-refractivity contribution < 1.29 is 18.9 Å². The fourth-order valence-corrected chi connectivity index (χ4v) is 2.96. The summed E-state index contributed by atoms with van der Waals surface area (Å²) >= 11 is 6.11. The number of hydrogen-bond acceptors (Lipinski definition) is 4. The van der Waals surface area contributed by atoms with Crippen LogP contribution in [0.5, 0.6) is 0 Å². The Morgan fingerprint density at radius 2 is 2.17 bits per heavy atom. The lowest BCUT2D eigenvalue weighted by atomic mass is 10.1. The zero-order chi connectivity index (χ0) is 17.3. The Morgan fingerprint density at radius 1 is 1.38 bits per heavy atom. The van der Waals surface area contributed by atoms with E-state index in [4.69, 9.17) is 22.1 Å². The van der Waals surface area contributed by atoms with Crippen molar-refractivity contribution in [3.8, 4) is 0 Å². The lowest BCUT2D eigenvalue weighted by molar-refractivity contribution is -0.428. The summed E-state index contributed by atoms with van der Waals surface area (Å²) in [6.07, 6.45) is 1.91. The summed E-state index contributed by atoms with van der Waals surface area (Å²) in [7, 11) is 0. The minimum Gasteiger partial charge on any atom is -0.460 e. The third kappa shape index (κ3) is 2.92. The number of nitrogens with two attached hydrogens (primary N) is 1. The van der Waals surface area contributed by atoms with Crippen molar-refractivity contribution in [2.45, 2.75) is 13.5 Å². The average Bonchev–Trinajstić information content (AvgIpc) is 2.97. The van der Waals surface area contributed by atoms with Gasteiger partial charge >= 0.3 is 5.97 Å². The van der Waals surface area contributed by atoms with E-state index in [9.17, 15) is 9.59 Å². The Balaban J connectivity index is 2.09. The number of hydrogen-bond donors (Lipinski definition) is 1. The van der Waals surface area contributed by atoms with Crippen LogP contribution in [0.4, 0.5) is 5.69 Å². The third-order valence-corrected chi connectivity index (χ3v) is 4.10. The predicted octanol–water partition coefficient (Wildman–Crippen LogP) is 1.68. The minimum atomic E-state index is -0.861. The summed E-state index contributed by atoms with van der Waals surface area (Å²) in [6.45, 7) is 2.19. The van der Waals surface area contributed by atoms with Crippen molar-refractivity contribution in [1.29, 1.82) is 0 Å². The molecule has 7 heteroatoms. The molecule has 0 fully saturated rings. The Hall–Kier alpha value is -2.60. The van der Waals surface area contributed by atoms with Gasteiger partial charge in [0.2, 0.25) is 0 Å². The van der Waals surface area contributed by atoms with Crippen molar-refractivity contribution in [2.75, 3.05) is 13.2 Å². The highest BCUT2D eigenvalue weighted by Gasteiger charge is 2.28. The molecule has 0 amide bonds. The van der Waals surface area contributed by atoms with Crippen molar-refractivity contribution in [2.24, 2.45) is 5.73 Å². The number of nitrogens with zero attached hydrogens (tertiary/aromatic N) is 2. The molecule has 1 aliphatic heterocycles. The number of amidine groups is 1. The van der Waals surface area contributed by atoms with E-state index in [0.717, 1.165) is 16.9 Å². The number of rotatable bonds is 4. The van der Waals surface area contributed by atoms with Crippen LogP contribution in [-0.4, -0.2) is 39.9 Å². The van der Waals surface area contributed by atoms with E-state index in [0.29, 0.717) is 17.4 Å². The number of halogens is 1. The maximum absolute atomic E-state index is 12.2.